The van der Waals surface area contributed by atoms with Crippen LogP contribution in [0, 0.1) is 0 Å². The Hall–Kier alpha value is -1.14. The van der Waals surface area contributed by atoms with Crippen molar-refractivity contribution in [3.63, 3.8) is 0 Å². The van der Waals surface area contributed by atoms with E-state index in [0.717, 1.165) is 0 Å². The van der Waals surface area contributed by atoms with Crippen LogP contribution in [-0.4, -0.2) is 18.4 Å². The van der Waals surface area contributed by atoms with Crippen molar-refractivity contribution in [3.05, 3.63) is 30.3 Å². The van der Waals surface area contributed by atoms with Gasteiger partial charge >= 0.3 is 5.97 Å². The van der Waals surface area contributed by atoms with Gasteiger partial charge in [-0.2, -0.15) is 0 Å². The fourth-order valence-electron chi connectivity index (χ4n) is 1.23. The molecule has 0 aromatic heterocycles. The third-order valence-corrected chi connectivity index (χ3v) is 6.15. The van der Waals surface area contributed by atoms with Gasteiger partial charge < -0.3 is 4.18 Å². The van der Waals surface area contributed by atoms with Crippen LogP contribution in [0.25, 0.3) is 0 Å². The molecule has 6 heteroatoms. The molecule has 0 spiro atoms. The first-order valence-corrected chi connectivity index (χ1v) is 10.1. The Morgan fingerprint density at radius 2 is 1.76 bits per heavy atom. The van der Waals surface area contributed by atoms with Gasteiger partial charge in [0, 0.05) is 6.92 Å². The fraction of sp³-hybridized carbons (Fsp3) is 0.364. The summed E-state index contributed by atoms with van der Waals surface area (Å²) in [5, 5.41) is 0. The van der Waals surface area contributed by atoms with E-state index in [0.29, 0.717) is 4.90 Å². The molecule has 1 rings (SSSR count). The molecule has 0 saturated heterocycles. The summed E-state index contributed by atoms with van der Waals surface area (Å²) in [6.07, 6.45) is 0. The predicted octanol–water partition coefficient (Wildman–Crippen LogP) is 2.83. The van der Waals surface area contributed by atoms with Crippen LogP contribution in [0.3, 0.4) is 0 Å². The van der Waals surface area contributed by atoms with E-state index in [1.807, 2.05) is 25.7 Å². The first-order valence-electron chi connectivity index (χ1n) is 5.26. The van der Waals surface area contributed by atoms with Crippen molar-refractivity contribution < 1.29 is 13.2 Å². The smallest absolute Gasteiger partial charge is 0.317 e. The van der Waals surface area contributed by atoms with Gasteiger partial charge in [0.1, 0.15) is 0 Å². The van der Waals surface area contributed by atoms with Gasteiger partial charge in [-0.3, -0.25) is 4.79 Å². The molecule has 1 atom stereocenters. The molecule has 0 aliphatic heterocycles. The Morgan fingerprint density at radius 3 is 2.18 bits per heavy atom. The van der Waals surface area contributed by atoms with Crippen molar-refractivity contribution in [3.8, 4) is 0 Å². The third kappa shape index (κ3) is 4.31. The van der Waals surface area contributed by atoms with Crippen LogP contribution in [0.2, 0.25) is 19.6 Å². The molecule has 0 amide bonds. The minimum atomic E-state index is -3.09. The zero-order valence-electron chi connectivity index (χ0n) is 10.5. The molecule has 1 aromatic carbocycles. The number of rotatable bonds is 3. The SMILES string of the molecule is CC(=O)OS(=O)(=N[Si](C)(C)C)c1ccccc1. The zero-order chi connectivity index (χ0) is 13.1. The third-order valence-electron chi connectivity index (χ3n) is 1.67. The Kier molecular flexibility index (Phi) is 4.10. The van der Waals surface area contributed by atoms with Crippen molar-refractivity contribution >= 4 is 24.2 Å². The molecular weight excluding hydrogens is 254 g/mol. The lowest BCUT2D eigenvalue weighted by atomic mass is 10.4. The number of nitrogens with zero attached hydrogens (tertiary/aromatic N) is 1. The van der Waals surface area contributed by atoms with Gasteiger partial charge in [0.05, 0.1) is 4.90 Å². The molecule has 0 radical (unpaired) electrons. The molecule has 1 unspecified atom stereocenters. The summed E-state index contributed by atoms with van der Waals surface area (Å²) < 4.78 is 21.9. The standard InChI is InChI=1S/C11H17NO3SSi/c1-10(13)15-16(14,12-17(2,3)4)11-8-6-5-7-9-11/h5-9H,1-4H3. The monoisotopic (exact) mass is 271 g/mol. The van der Waals surface area contributed by atoms with E-state index < -0.39 is 24.2 Å². The molecule has 17 heavy (non-hydrogen) atoms. The summed E-state index contributed by atoms with van der Waals surface area (Å²) in [4.78, 5) is 11.5. The summed E-state index contributed by atoms with van der Waals surface area (Å²) in [6, 6.07) is 8.63. The van der Waals surface area contributed by atoms with E-state index in [1.165, 1.54) is 6.92 Å². The van der Waals surface area contributed by atoms with Crippen LogP contribution >= 0.6 is 0 Å². The minimum absolute atomic E-state index is 0.442. The van der Waals surface area contributed by atoms with Crippen molar-refractivity contribution in [1.82, 2.24) is 0 Å². The second-order valence-electron chi connectivity index (χ2n) is 4.63. The molecule has 94 valence electrons. The maximum absolute atomic E-state index is 12.6. The Balaban J connectivity index is 3.36. The van der Waals surface area contributed by atoms with Crippen LogP contribution < -0.4 is 0 Å². The zero-order valence-corrected chi connectivity index (χ0v) is 12.3. The van der Waals surface area contributed by atoms with Gasteiger partial charge in [0.25, 0.3) is 0 Å². The summed E-state index contributed by atoms with van der Waals surface area (Å²) in [7, 11) is -5.06. The summed E-state index contributed by atoms with van der Waals surface area (Å²) >= 11 is 0. The second kappa shape index (κ2) is 5.01. The second-order valence-corrected chi connectivity index (χ2v) is 11.3. The molecule has 0 N–H and O–H groups in total. The van der Waals surface area contributed by atoms with Gasteiger partial charge in [0.2, 0.25) is 10.0 Å². The molecule has 0 aliphatic carbocycles. The predicted molar refractivity (Wildman–Crippen MR) is 70.4 cm³/mol. The molecule has 0 bridgehead atoms. The van der Waals surface area contributed by atoms with Crippen LogP contribution in [0.15, 0.2) is 39.3 Å². The van der Waals surface area contributed by atoms with Crippen molar-refractivity contribution in [2.75, 3.05) is 0 Å². The molecule has 0 heterocycles. The highest BCUT2D eigenvalue weighted by molar-refractivity contribution is 7.90. The fourth-order valence-corrected chi connectivity index (χ4v) is 5.60. The van der Waals surface area contributed by atoms with E-state index in [-0.39, 0.29) is 0 Å². The van der Waals surface area contributed by atoms with Gasteiger partial charge in [-0.05, 0) is 31.8 Å². The maximum atomic E-state index is 12.6. The lowest BCUT2D eigenvalue weighted by molar-refractivity contribution is -0.131. The molecule has 0 fully saturated rings. The summed E-state index contributed by atoms with van der Waals surface area (Å²) in [6.45, 7) is 7.07. The normalized spacial score (nSPS) is 14.8. The molecule has 4 nitrogen and oxygen atoms in total. The first kappa shape index (κ1) is 13.9. The molecule has 0 aliphatic rings. The van der Waals surface area contributed by atoms with Crippen molar-refractivity contribution in [2.45, 2.75) is 31.5 Å². The van der Waals surface area contributed by atoms with Gasteiger partial charge in [0.15, 0.2) is 8.24 Å². The average molecular weight is 271 g/mol. The van der Waals surface area contributed by atoms with E-state index in [4.69, 9.17) is 4.18 Å². The first-order chi connectivity index (χ1) is 7.73. The van der Waals surface area contributed by atoms with Crippen LogP contribution in [-0.2, 0) is 19.0 Å². The van der Waals surface area contributed by atoms with Gasteiger partial charge in [-0.15, -0.1) is 0 Å². The topological polar surface area (TPSA) is 55.7 Å². The largest absolute Gasteiger partial charge is 0.357 e. The molecule has 1 aromatic rings. The van der Waals surface area contributed by atoms with Crippen molar-refractivity contribution in [2.24, 2.45) is 4.03 Å². The van der Waals surface area contributed by atoms with E-state index in [1.54, 1.807) is 24.3 Å². The van der Waals surface area contributed by atoms with Crippen LogP contribution in [0.5, 0.6) is 0 Å². The Morgan fingerprint density at radius 1 is 1.24 bits per heavy atom. The minimum Gasteiger partial charge on any atom is -0.357 e. The maximum Gasteiger partial charge on any atom is 0.317 e. The Bertz CT molecular complexity index is 513. The summed E-state index contributed by atoms with van der Waals surface area (Å²) in [5.74, 6) is -0.583. The number of hydrogen-bond donors (Lipinski definition) is 0. The molecular formula is C11H17NO3SSi. The summed E-state index contributed by atoms with van der Waals surface area (Å²) in [5.41, 5.74) is 0. The van der Waals surface area contributed by atoms with Crippen LogP contribution in [0.4, 0.5) is 0 Å². The number of carbonyl (C=O) groups excluding carboxylic acids is 1. The quantitative estimate of drug-likeness (QED) is 0.794. The van der Waals surface area contributed by atoms with Gasteiger partial charge in [-0.1, -0.05) is 18.2 Å². The van der Waals surface area contributed by atoms with Crippen molar-refractivity contribution in [1.29, 1.82) is 0 Å². The number of carbonyl (C=O) groups is 1. The van der Waals surface area contributed by atoms with E-state index in [2.05, 4.69) is 4.03 Å². The number of hydrogen-bond acceptors (Lipinski definition) is 4. The highest BCUT2D eigenvalue weighted by Gasteiger charge is 2.22. The average Bonchev–Trinajstić information content (AvgIpc) is 2.14. The lowest BCUT2D eigenvalue weighted by Gasteiger charge is -2.15. The van der Waals surface area contributed by atoms with Crippen LogP contribution in [0.1, 0.15) is 6.92 Å². The molecule has 0 saturated carbocycles. The number of benzene rings is 1. The highest BCUT2D eigenvalue weighted by Crippen LogP contribution is 2.19. The lowest BCUT2D eigenvalue weighted by Crippen LogP contribution is -2.22. The van der Waals surface area contributed by atoms with E-state index >= 15 is 0 Å². The van der Waals surface area contributed by atoms with E-state index in [9.17, 15) is 9.00 Å². The Labute approximate surface area is 103 Å². The highest BCUT2D eigenvalue weighted by atomic mass is 32.2. The van der Waals surface area contributed by atoms with Gasteiger partial charge in [-0.25, -0.2) is 8.24 Å².